The largest absolute Gasteiger partial charge is 0.381 e. The molecule has 2 aliphatic heterocycles. The molecule has 22 heavy (non-hydrogen) atoms. The molecule has 0 spiro atoms. The first-order chi connectivity index (χ1) is 10.7. The summed E-state index contributed by atoms with van der Waals surface area (Å²) in [5, 5.41) is 0. The van der Waals surface area contributed by atoms with Crippen LogP contribution in [-0.4, -0.2) is 50.5 Å². The Balaban J connectivity index is 1.38. The van der Waals surface area contributed by atoms with Gasteiger partial charge in [0.1, 0.15) is 0 Å². The van der Waals surface area contributed by atoms with Gasteiger partial charge in [-0.05, 0) is 50.9 Å². The summed E-state index contributed by atoms with van der Waals surface area (Å²) in [5.74, 6) is 2.28. The third kappa shape index (κ3) is 4.33. The highest BCUT2D eigenvalue weighted by molar-refractivity contribution is 5.09. The normalized spacial score (nSPS) is 34.8. The van der Waals surface area contributed by atoms with Crippen molar-refractivity contribution in [2.75, 3.05) is 39.5 Å². The van der Waals surface area contributed by atoms with Gasteiger partial charge >= 0.3 is 0 Å². The Morgan fingerprint density at radius 3 is 2.73 bits per heavy atom. The van der Waals surface area contributed by atoms with Gasteiger partial charge in [0, 0.05) is 32.2 Å². The predicted molar refractivity (Wildman–Crippen MR) is 90.0 cm³/mol. The van der Waals surface area contributed by atoms with Gasteiger partial charge in [0.05, 0.1) is 19.3 Å². The smallest absolute Gasteiger partial charge is 0.0599 e. The molecule has 3 rings (SSSR count). The average Bonchev–Trinajstić information content (AvgIpc) is 3.04. The summed E-state index contributed by atoms with van der Waals surface area (Å²) < 4.78 is 11.6. The Kier molecular flexibility index (Phi) is 5.95. The highest BCUT2D eigenvalue weighted by Gasteiger charge is 2.27. The van der Waals surface area contributed by atoms with Crippen LogP contribution in [-0.2, 0) is 9.47 Å². The molecule has 1 aliphatic carbocycles. The minimum absolute atomic E-state index is 0.484. The lowest BCUT2D eigenvalue weighted by molar-refractivity contribution is -0.0130. The molecule has 2 heterocycles. The number of hydrogen-bond acceptors (Lipinski definition) is 3. The SMILES string of the molecule is CC1=CCC[C@H](C)[C@@H]1CN1CCC(OC[C@@H]2CCOC2)CC1. The summed E-state index contributed by atoms with van der Waals surface area (Å²) in [6.45, 7) is 11.2. The zero-order valence-electron chi connectivity index (χ0n) is 14.4. The van der Waals surface area contributed by atoms with Gasteiger partial charge in [-0.15, -0.1) is 0 Å². The molecular weight excluding hydrogens is 274 g/mol. The van der Waals surface area contributed by atoms with Gasteiger partial charge in [0.15, 0.2) is 0 Å². The summed E-state index contributed by atoms with van der Waals surface area (Å²) >= 11 is 0. The van der Waals surface area contributed by atoms with Gasteiger partial charge in [0.25, 0.3) is 0 Å². The summed E-state index contributed by atoms with van der Waals surface area (Å²) in [6.07, 6.45) is 9.19. The minimum atomic E-state index is 0.484. The van der Waals surface area contributed by atoms with Crippen LogP contribution in [0.5, 0.6) is 0 Å². The molecule has 3 atom stereocenters. The van der Waals surface area contributed by atoms with E-state index in [1.165, 1.54) is 51.7 Å². The number of nitrogens with zero attached hydrogens (tertiary/aromatic N) is 1. The lowest BCUT2D eigenvalue weighted by Gasteiger charge is -2.37. The van der Waals surface area contributed by atoms with Crippen LogP contribution < -0.4 is 0 Å². The summed E-state index contributed by atoms with van der Waals surface area (Å²) in [6, 6.07) is 0. The van der Waals surface area contributed by atoms with E-state index < -0.39 is 0 Å². The molecule has 3 aliphatic rings. The van der Waals surface area contributed by atoms with E-state index in [0.717, 1.165) is 31.7 Å². The van der Waals surface area contributed by atoms with Crippen molar-refractivity contribution in [2.24, 2.45) is 17.8 Å². The first-order valence-electron chi connectivity index (χ1n) is 9.30. The highest BCUT2D eigenvalue weighted by atomic mass is 16.5. The molecule has 0 aromatic carbocycles. The fourth-order valence-corrected chi connectivity index (χ4v) is 4.22. The maximum Gasteiger partial charge on any atom is 0.0599 e. The number of allylic oxidation sites excluding steroid dienone is 1. The fraction of sp³-hybridized carbons (Fsp3) is 0.895. The van der Waals surface area contributed by atoms with Crippen molar-refractivity contribution in [2.45, 2.75) is 52.1 Å². The molecule has 3 heteroatoms. The van der Waals surface area contributed by atoms with E-state index in [-0.39, 0.29) is 0 Å². The van der Waals surface area contributed by atoms with Gasteiger partial charge in [-0.25, -0.2) is 0 Å². The molecule has 0 aromatic rings. The fourth-order valence-electron chi connectivity index (χ4n) is 4.22. The van der Waals surface area contributed by atoms with E-state index in [2.05, 4.69) is 24.8 Å². The lowest BCUT2D eigenvalue weighted by Crippen LogP contribution is -2.41. The van der Waals surface area contributed by atoms with Crippen molar-refractivity contribution >= 4 is 0 Å². The van der Waals surface area contributed by atoms with Crippen molar-refractivity contribution in [1.82, 2.24) is 4.90 Å². The van der Waals surface area contributed by atoms with Crippen LogP contribution in [0.1, 0.15) is 46.0 Å². The summed E-state index contributed by atoms with van der Waals surface area (Å²) in [4.78, 5) is 2.67. The summed E-state index contributed by atoms with van der Waals surface area (Å²) in [7, 11) is 0. The predicted octanol–water partition coefficient (Wildman–Crippen LogP) is 3.50. The quantitative estimate of drug-likeness (QED) is 0.726. The van der Waals surface area contributed by atoms with Crippen LogP contribution >= 0.6 is 0 Å². The van der Waals surface area contributed by atoms with Crippen LogP contribution in [0.3, 0.4) is 0 Å². The first-order valence-corrected chi connectivity index (χ1v) is 9.30. The van der Waals surface area contributed by atoms with E-state index in [1.54, 1.807) is 5.57 Å². The van der Waals surface area contributed by atoms with E-state index >= 15 is 0 Å². The number of hydrogen-bond donors (Lipinski definition) is 0. The highest BCUT2D eigenvalue weighted by Crippen LogP contribution is 2.31. The Morgan fingerprint density at radius 2 is 2.05 bits per heavy atom. The zero-order chi connectivity index (χ0) is 15.4. The topological polar surface area (TPSA) is 21.7 Å². The van der Waals surface area contributed by atoms with Crippen LogP contribution in [0.25, 0.3) is 0 Å². The Morgan fingerprint density at radius 1 is 1.23 bits per heavy atom. The van der Waals surface area contributed by atoms with Crippen LogP contribution in [0.15, 0.2) is 11.6 Å². The number of rotatable bonds is 5. The van der Waals surface area contributed by atoms with E-state index in [0.29, 0.717) is 12.0 Å². The Labute approximate surface area is 136 Å². The molecule has 0 radical (unpaired) electrons. The summed E-state index contributed by atoms with van der Waals surface area (Å²) in [5.41, 5.74) is 1.62. The van der Waals surface area contributed by atoms with Crippen LogP contribution in [0.4, 0.5) is 0 Å². The zero-order valence-corrected chi connectivity index (χ0v) is 14.4. The maximum atomic E-state index is 6.13. The molecule has 0 aromatic heterocycles. The number of likely N-dealkylation sites (tertiary alicyclic amines) is 1. The van der Waals surface area contributed by atoms with Crippen molar-refractivity contribution in [3.63, 3.8) is 0 Å². The second kappa shape index (κ2) is 7.94. The monoisotopic (exact) mass is 307 g/mol. The molecule has 0 amide bonds. The van der Waals surface area contributed by atoms with Crippen LogP contribution in [0, 0.1) is 17.8 Å². The Bertz CT molecular complexity index is 368. The average molecular weight is 307 g/mol. The molecule has 0 bridgehead atoms. The third-order valence-corrected chi connectivity index (χ3v) is 5.94. The molecule has 0 N–H and O–H groups in total. The van der Waals surface area contributed by atoms with Crippen molar-refractivity contribution < 1.29 is 9.47 Å². The number of ether oxygens (including phenoxy) is 2. The third-order valence-electron chi connectivity index (χ3n) is 5.94. The van der Waals surface area contributed by atoms with Crippen LogP contribution in [0.2, 0.25) is 0 Å². The van der Waals surface area contributed by atoms with Gasteiger partial charge in [-0.1, -0.05) is 18.6 Å². The molecule has 0 saturated carbocycles. The van der Waals surface area contributed by atoms with E-state index in [9.17, 15) is 0 Å². The Hall–Kier alpha value is -0.380. The first kappa shape index (κ1) is 16.5. The molecule has 0 unspecified atom stereocenters. The molecule has 2 fully saturated rings. The standard InChI is InChI=1S/C19H33NO2/c1-15-4-3-5-16(2)19(15)12-20-9-6-18(7-10-20)22-14-17-8-11-21-13-17/h4,16-19H,3,5-14H2,1-2H3/t16-,17+,19+/m0/s1. The molecule has 126 valence electrons. The van der Waals surface area contributed by atoms with Gasteiger partial charge in [-0.2, -0.15) is 0 Å². The second-order valence-corrected chi connectivity index (χ2v) is 7.67. The molecular formula is C19H33NO2. The van der Waals surface area contributed by atoms with Gasteiger partial charge in [0.2, 0.25) is 0 Å². The maximum absolute atomic E-state index is 6.13. The second-order valence-electron chi connectivity index (χ2n) is 7.67. The van der Waals surface area contributed by atoms with Gasteiger partial charge in [-0.3, -0.25) is 0 Å². The molecule has 3 nitrogen and oxygen atoms in total. The van der Waals surface area contributed by atoms with E-state index in [4.69, 9.17) is 9.47 Å². The van der Waals surface area contributed by atoms with Crippen molar-refractivity contribution in [3.8, 4) is 0 Å². The van der Waals surface area contributed by atoms with Crippen molar-refractivity contribution in [1.29, 1.82) is 0 Å². The van der Waals surface area contributed by atoms with Crippen molar-refractivity contribution in [3.05, 3.63) is 11.6 Å². The molecule has 2 saturated heterocycles. The number of piperidine rings is 1. The minimum Gasteiger partial charge on any atom is -0.381 e. The van der Waals surface area contributed by atoms with E-state index in [1.807, 2.05) is 0 Å². The lowest BCUT2D eigenvalue weighted by atomic mass is 9.79. The van der Waals surface area contributed by atoms with Gasteiger partial charge < -0.3 is 14.4 Å².